The molecule has 0 fully saturated rings. The van der Waals surface area contributed by atoms with Crippen molar-refractivity contribution in [3.63, 3.8) is 0 Å². The number of halogens is 7. The van der Waals surface area contributed by atoms with Crippen LogP contribution in [0.2, 0.25) is 10.0 Å². The van der Waals surface area contributed by atoms with Gasteiger partial charge in [0.15, 0.2) is 5.75 Å². The molecule has 0 aliphatic carbocycles. The molecule has 1 N–H and O–H groups in total. The Morgan fingerprint density at radius 3 is 1.53 bits per heavy atom. The van der Waals surface area contributed by atoms with Gasteiger partial charge in [-0.3, -0.25) is 0 Å². The van der Waals surface area contributed by atoms with Gasteiger partial charge in [0.1, 0.15) is 4.90 Å². The first-order valence-corrected chi connectivity index (χ1v) is 5.94. The highest BCUT2D eigenvalue weighted by Crippen LogP contribution is 3.02. The number of hydrogen-bond donors (Lipinski definition) is 1. The molecule has 0 amide bonds. The van der Waals surface area contributed by atoms with Crippen LogP contribution in [0.4, 0.5) is 19.4 Å². The van der Waals surface area contributed by atoms with Gasteiger partial charge in [0.25, 0.3) is 0 Å². The zero-order valence-corrected chi connectivity index (χ0v) is 8.98. The van der Waals surface area contributed by atoms with Gasteiger partial charge in [-0.25, -0.2) is 0 Å². The second-order valence-electron chi connectivity index (χ2n) is 2.70. The van der Waals surface area contributed by atoms with Crippen LogP contribution in [0.3, 0.4) is 0 Å². The molecule has 0 radical (unpaired) electrons. The van der Waals surface area contributed by atoms with Crippen LogP contribution in [0.25, 0.3) is 0 Å². The summed E-state index contributed by atoms with van der Waals surface area (Å²) in [6.07, 6.45) is 0. The summed E-state index contributed by atoms with van der Waals surface area (Å²) in [7, 11) is -9.80. The fourth-order valence-electron chi connectivity index (χ4n) is 0.765. The molecular formula is C6H3Cl2F5OS. The Balaban J connectivity index is 3.58. The molecule has 0 saturated carbocycles. The van der Waals surface area contributed by atoms with E-state index in [-0.39, 0.29) is 12.1 Å². The average molecular weight is 289 g/mol. The van der Waals surface area contributed by atoms with Crippen molar-refractivity contribution in [1.82, 2.24) is 0 Å². The molecule has 88 valence electrons. The minimum Gasteiger partial charge on any atom is -0.505 e. The van der Waals surface area contributed by atoms with Crippen LogP contribution in [0.5, 0.6) is 5.75 Å². The molecule has 1 rings (SSSR count). The lowest BCUT2D eigenvalue weighted by Crippen LogP contribution is -2.05. The summed E-state index contributed by atoms with van der Waals surface area (Å²) in [5.74, 6) is -0.871. The Bertz CT molecular complexity index is 405. The van der Waals surface area contributed by atoms with Crippen LogP contribution in [0.15, 0.2) is 17.0 Å². The first kappa shape index (κ1) is 12.7. The zero-order chi connectivity index (χ0) is 12.1. The molecule has 0 unspecified atom stereocenters. The van der Waals surface area contributed by atoms with Crippen molar-refractivity contribution < 1.29 is 24.5 Å². The Morgan fingerprint density at radius 2 is 1.27 bits per heavy atom. The largest absolute Gasteiger partial charge is 0.505 e. The number of aromatic hydroxyl groups is 1. The van der Waals surface area contributed by atoms with Crippen molar-refractivity contribution in [3.05, 3.63) is 22.2 Å². The number of phenols is 1. The van der Waals surface area contributed by atoms with Crippen molar-refractivity contribution in [2.75, 3.05) is 0 Å². The van der Waals surface area contributed by atoms with Gasteiger partial charge in [0, 0.05) is 0 Å². The standard InChI is InChI=1S/C6H3Cl2F5OS/c7-4-1-3(2-5(8)6(4)14)15(9,10,11,12)13/h1-2,14H. The summed E-state index contributed by atoms with van der Waals surface area (Å²) in [6.45, 7) is 0. The molecule has 0 aliphatic rings. The van der Waals surface area contributed by atoms with Crippen molar-refractivity contribution >= 4 is 33.4 Å². The van der Waals surface area contributed by atoms with E-state index in [2.05, 4.69) is 0 Å². The van der Waals surface area contributed by atoms with E-state index in [9.17, 15) is 19.4 Å². The van der Waals surface area contributed by atoms with Gasteiger partial charge >= 0.3 is 10.2 Å². The summed E-state index contributed by atoms with van der Waals surface area (Å²) in [4.78, 5) is -2.23. The van der Waals surface area contributed by atoms with E-state index in [4.69, 9.17) is 28.3 Å². The lowest BCUT2D eigenvalue weighted by atomic mass is 10.3. The predicted molar refractivity (Wildman–Crippen MR) is 49.5 cm³/mol. The number of phenolic OH excluding ortho intramolecular Hbond substituents is 1. The van der Waals surface area contributed by atoms with Crippen LogP contribution in [0, 0.1) is 0 Å². The molecule has 0 saturated heterocycles. The molecule has 9 heteroatoms. The van der Waals surface area contributed by atoms with E-state index in [1.54, 1.807) is 0 Å². The van der Waals surface area contributed by atoms with Crippen molar-refractivity contribution in [3.8, 4) is 5.75 Å². The number of hydrogen-bond acceptors (Lipinski definition) is 1. The molecule has 1 aromatic carbocycles. The van der Waals surface area contributed by atoms with Gasteiger partial charge in [-0.1, -0.05) is 42.6 Å². The fraction of sp³-hybridized carbons (Fsp3) is 0. The van der Waals surface area contributed by atoms with E-state index < -0.39 is 30.9 Å². The normalized spacial score (nSPS) is 17.0. The lowest BCUT2D eigenvalue weighted by Gasteiger charge is -2.40. The van der Waals surface area contributed by atoms with E-state index in [0.29, 0.717) is 0 Å². The fourth-order valence-corrected chi connectivity index (χ4v) is 2.06. The highest BCUT2D eigenvalue weighted by atomic mass is 35.5. The van der Waals surface area contributed by atoms with Gasteiger partial charge in [-0.15, -0.1) is 0 Å². The molecule has 0 bridgehead atoms. The minimum absolute atomic E-state index is 0.0652. The monoisotopic (exact) mass is 288 g/mol. The Morgan fingerprint density at radius 1 is 0.933 bits per heavy atom. The number of rotatable bonds is 1. The van der Waals surface area contributed by atoms with Gasteiger partial charge in [0.2, 0.25) is 0 Å². The second-order valence-corrected chi connectivity index (χ2v) is 5.93. The molecule has 1 aromatic rings. The summed E-state index contributed by atoms with van der Waals surface area (Å²) < 4.78 is 61.2. The van der Waals surface area contributed by atoms with Crippen LogP contribution >= 0.6 is 33.4 Å². The topological polar surface area (TPSA) is 20.2 Å². The summed E-state index contributed by atoms with van der Waals surface area (Å²) in [5, 5.41) is 7.13. The summed E-state index contributed by atoms with van der Waals surface area (Å²) >= 11 is 10.2. The third kappa shape index (κ3) is 2.79. The van der Waals surface area contributed by atoms with Crippen LogP contribution < -0.4 is 0 Å². The zero-order valence-electron chi connectivity index (χ0n) is 6.66. The maximum Gasteiger partial charge on any atom is 0.310 e. The maximum atomic E-state index is 12.2. The second kappa shape index (κ2) is 2.64. The molecule has 1 nitrogen and oxygen atoms in total. The van der Waals surface area contributed by atoms with Gasteiger partial charge in [-0.2, -0.15) is 0 Å². The van der Waals surface area contributed by atoms with Crippen LogP contribution in [-0.4, -0.2) is 5.11 Å². The lowest BCUT2D eigenvalue weighted by molar-refractivity contribution is 0.364. The molecule has 15 heavy (non-hydrogen) atoms. The van der Waals surface area contributed by atoms with E-state index in [1.807, 2.05) is 0 Å². The van der Waals surface area contributed by atoms with Gasteiger partial charge in [0.05, 0.1) is 10.0 Å². The quantitative estimate of drug-likeness (QED) is 0.690. The molecule has 0 atom stereocenters. The maximum absolute atomic E-state index is 12.2. The highest BCUT2D eigenvalue weighted by Gasteiger charge is 2.65. The van der Waals surface area contributed by atoms with Crippen molar-refractivity contribution in [2.24, 2.45) is 0 Å². The molecule has 0 heterocycles. The predicted octanol–water partition coefficient (Wildman–Crippen LogP) is 5.36. The average Bonchev–Trinajstić information content (AvgIpc) is 1.94. The highest BCUT2D eigenvalue weighted by molar-refractivity contribution is 8.45. The first-order chi connectivity index (χ1) is 6.31. The van der Waals surface area contributed by atoms with Crippen molar-refractivity contribution in [2.45, 2.75) is 4.90 Å². The van der Waals surface area contributed by atoms with Crippen molar-refractivity contribution in [1.29, 1.82) is 0 Å². The third-order valence-corrected chi connectivity index (χ3v) is 3.14. The van der Waals surface area contributed by atoms with E-state index >= 15 is 0 Å². The summed E-state index contributed by atoms with van der Waals surface area (Å²) in [6, 6.07) is -0.130. The Hall–Kier alpha value is -0.400. The molecular weight excluding hydrogens is 286 g/mol. The summed E-state index contributed by atoms with van der Waals surface area (Å²) in [5.41, 5.74) is 0. The molecule has 0 spiro atoms. The van der Waals surface area contributed by atoms with Crippen LogP contribution in [-0.2, 0) is 0 Å². The smallest absolute Gasteiger partial charge is 0.310 e. The van der Waals surface area contributed by atoms with Crippen LogP contribution in [0.1, 0.15) is 0 Å². The van der Waals surface area contributed by atoms with E-state index in [0.717, 1.165) is 0 Å². The number of benzene rings is 1. The first-order valence-electron chi connectivity index (χ1n) is 3.23. The molecule has 0 aliphatic heterocycles. The molecule has 0 aromatic heterocycles. The van der Waals surface area contributed by atoms with Gasteiger partial charge in [-0.05, 0) is 12.1 Å². The van der Waals surface area contributed by atoms with Gasteiger partial charge < -0.3 is 5.11 Å². The Kier molecular flexibility index (Phi) is 2.23. The third-order valence-electron chi connectivity index (χ3n) is 1.44. The SMILES string of the molecule is Oc1c(Cl)cc(S(F)(F)(F)(F)F)cc1Cl. The Labute approximate surface area is 91.1 Å². The van der Waals surface area contributed by atoms with E-state index in [1.165, 1.54) is 0 Å². The minimum atomic E-state index is -9.80.